The number of hydrogen-bond acceptors (Lipinski definition) is 8. The first-order chi connectivity index (χ1) is 6.66. The summed E-state index contributed by atoms with van der Waals surface area (Å²) in [6, 6.07) is 0. The lowest BCUT2D eigenvalue weighted by atomic mass is 10.1. The molecule has 1 saturated heterocycles. The zero-order valence-corrected chi connectivity index (χ0v) is 7.44. The molecule has 8 heteroatoms. The van der Waals surface area contributed by atoms with E-state index < -0.39 is 0 Å². The van der Waals surface area contributed by atoms with Gasteiger partial charge in [0, 0.05) is 6.54 Å². The molecule has 14 heavy (non-hydrogen) atoms. The maximum atomic E-state index is 5.76. The van der Waals surface area contributed by atoms with E-state index in [1.165, 1.54) is 0 Å². The molecule has 76 valence electrons. The van der Waals surface area contributed by atoms with Gasteiger partial charge in [0.25, 0.3) is 0 Å². The molecule has 2 heterocycles. The molecule has 1 aliphatic heterocycles. The molecule has 8 N–H and O–H groups in total. The Morgan fingerprint density at radius 2 is 1.79 bits per heavy atom. The number of nitrogens with zero attached hydrogens (tertiary/aromatic N) is 3. The van der Waals surface area contributed by atoms with Gasteiger partial charge in [0.05, 0.1) is 12.1 Å². The van der Waals surface area contributed by atoms with Crippen molar-refractivity contribution in [2.24, 2.45) is 5.73 Å². The highest BCUT2D eigenvalue weighted by Crippen LogP contribution is 2.16. The predicted molar refractivity (Wildman–Crippen MR) is 50.5 cm³/mol. The average Bonchev–Trinajstić information content (AvgIpc) is 2.49. The summed E-state index contributed by atoms with van der Waals surface area (Å²) in [7, 11) is 0. The molecule has 0 aliphatic carbocycles. The lowest BCUT2D eigenvalue weighted by molar-refractivity contribution is 0.534. The molecule has 2 unspecified atom stereocenters. The summed E-state index contributed by atoms with van der Waals surface area (Å²) in [5, 5.41) is 0. The Bertz CT molecular complexity index is 318. The molecule has 1 aromatic rings. The molecule has 0 amide bonds. The molecule has 2 rings (SSSR count). The summed E-state index contributed by atoms with van der Waals surface area (Å²) >= 11 is 0. The van der Waals surface area contributed by atoms with Gasteiger partial charge in [-0.05, 0) is 0 Å². The molecular formula is C6H12N8. The third-order valence-electron chi connectivity index (χ3n) is 2.04. The van der Waals surface area contributed by atoms with E-state index in [0.29, 0.717) is 12.4 Å². The van der Waals surface area contributed by atoms with Crippen molar-refractivity contribution in [3.63, 3.8) is 0 Å². The Kier molecular flexibility index (Phi) is 2.15. The van der Waals surface area contributed by atoms with Crippen molar-refractivity contribution in [1.82, 2.24) is 25.8 Å². The lowest BCUT2D eigenvalue weighted by Crippen LogP contribution is -2.39. The summed E-state index contributed by atoms with van der Waals surface area (Å²) in [6.45, 7) is 0.643. The third-order valence-corrected chi connectivity index (χ3v) is 2.04. The van der Waals surface area contributed by atoms with Crippen LogP contribution in [0.2, 0.25) is 0 Å². The van der Waals surface area contributed by atoms with E-state index in [-0.39, 0.29) is 24.0 Å². The smallest absolute Gasteiger partial charge is 0.225 e. The first-order valence-corrected chi connectivity index (χ1v) is 4.17. The van der Waals surface area contributed by atoms with E-state index in [0.717, 1.165) is 0 Å². The van der Waals surface area contributed by atoms with Crippen LogP contribution in [0.3, 0.4) is 0 Å². The highest BCUT2D eigenvalue weighted by Gasteiger charge is 2.27. The quantitative estimate of drug-likeness (QED) is 0.332. The molecule has 0 aromatic carbocycles. The van der Waals surface area contributed by atoms with E-state index in [1.807, 2.05) is 0 Å². The zero-order valence-electron chi connectivity index (χ0n) is 7.44. The lowest BCUT2D eigenvalue weighted by Gasteiger charge is -2.12. The van der Waals surface area contributed by atoms with Crippen LogP contribution in [0.5, 0.6) is 0 Å². The first-order valence-electron chi connectivity index (χ1n) is 4.17. The second-order valence-electron chi connectivity index (χ2n) is 3.07. The van der Waals surface area contributed by atoms with Crippen molar-refractivity contribution in [2.45, 2.75) is 12.1 Å². The van der Waals surface area contributed by atoms with Crippen molar-refractivity contribution in [3.8, 4) is 0 Å². The Morgan fingerprint density at radius 3 is 2.29 bits per heavy atom. The van der Waals surface area contributed by atoms with Gasteiger partial charge in [0.2, 0.25) is 11.9 Å². The number of nitrogen functional groups attached to an aromatic ring is 2. The molecule has 1 fully saturated rings. The van der Waals surface area contributed by atoms with Crippen LogP contribution < -0.4 is 28.1 Å². The maximum Gasteiger partial charge on any atom is 0.225 e. The van der Waals surface area contributed by atoms with Crippen LogP contribution in [0.25, 0.3) is 0 Å². The van der Waals surface area contributed by atoms with Gasteiger partial charge in [-0.2, -0.15) is 15.0 Å². The molecule has 1 aromatic heterocycles. The third kappa shape index (κ3) is 1.58. The van der Waals surface area contributed by atoms with Crippen LogP contribution >= 0.6 is 0 Å². The first kappa shape index (κ1) is 9.06. The molecule has 0 radical (unpaired) electrons. The van der Waals surface area contributed by atoms with Gasteiger partial charge in [-0.25, -0.2) is 5.43 Å². The number of anilines is 2. The van der Waals surface area contributed by atoms with Crippen molar-refractivity contribution in [2.75, 3.05) is 18.0 Å². The van der Waals surface area contributed by atoms with Crippen LogP contribution in [0, 0.1) is 0 Å². The minimum Gasteiger partial charge on any atom is -0.368 e. The highest BCUT2D eigenvalue weighted by atomic mass is 15.4. The van der Waals surface area contributed by atoms with Gasteiger partial charge in [0.1, 0.15) is 5.82 Å². The molecule has 0 spiro atoms. The Morgan fingerprint density at radius 1 is 1.14 bits per heavy atom. The van der Waals surface area contributed by atoms with Gasteiger partial charge < -0.3 is 17.2 Å². The Balaban J connectivity index is 2.31. The van der Waals surface area contributed by atoms with Crippen LogP contribution in [0.15, 0.2) is 0 Å². The van der Waals surface area contributed by atoms with Gasteiger partial charge in [-0.3, -0.25) is 5.43 Å². The second-order valence-corrected chi connectivity index (χ2v) is 3.07. The Labute approximate surface area is 80.3 Å². The summed E-state index contributed by atoms with van der Waals surface area (Å²) in [4.78, 5) is 11.6. The molecule has 1 aliphatic rings. The molecule has 8 nitrogen and oxygen atoms in total. The summed E-state index contributed by atoms with van der Waals surface area (Å²) in [5.74, 6) is 0.709. The van der Waals surface area contributed by atoms with Gasteiger partial charge in [-0.1, -0.05) is 0 Å². The van der Waals surface area contributed by atoms with E-state index in [2.05, 4.69) is 25.8 Å². The average molecular weight is 196 g/mol. The number of nitrogens with one attached hydrogen (secondary N) is 2. The van der Waals surface area contributed by atoms with Gasteiger partial charge in [0.15, 0.2) is 0 Å². The van der Waals surface area contributed by atoms with Crippen LogP contribution in [0.1, 0.15) is 11.7 Å². The summed E-state index contributed by atoms with van der Waals surface area (Å²) < 4.78 is 0. The van der Waals surface area contributed by atoms with E-state index in [4.69, 9.17) is 17.2 Å². The largest absolute Gasteiger partial charge is 0.368 e. The maximum absolute atomic E-state index is 5.76. The normalized spacial score (nSPS) is 26.6. The van der Waals surface area contributed by atoms with Crippen molar-refractivity contribution in [3.05, 3.63) is 5.82 Å². The number of nitrogens with two attached hydrogens (primary N) is 3. The molecule has 2 atom stereocenters. The minimum atomic E-state index is -0.240. The molecule has 0 saturated carbocycles. The Hall–Kier alpha value is -1.51. The molecular weight excluding hydrogens is 184 g/mol. The topological polar surface area (TPSA) is 141 Å². The van der Waals surface area contributed by atoms with Crippen molar-refractivity contribution < 1.29 is 0 Å². The highest BCUT2D eigenvalue weighted by molar-refractivity contribution is 5.27. The number of rotatable bonds is 1. The van der Waals surface area contributed by atoms with Crippen LogP contribution in [-0.4, -0.2) is 27.7 Å². The fourth-order valence-electron chi connectivity index (χ4n) is 1.36. The van der Waals surface area contributed by atoms with Gasteiger partial charge >= 0.3 is 0 Å². The fraction of sp³-hybridized carbons (Fsp3) is 0.500. The summed E-state index contributed by atoms with van der Waals surface area (Å²) in [6.07, 6.45) is -0.240. The van der Waals surface area contributed by atoms with Crippen LogP contribution in [-0.2, 0) is 0 Å². The standard InChI is InChI=1S/C6H12N8/c7-3-2(1-10-14-3)4-11-5(8)13-6(9)12-4/h2-3,10,14H,1,7H2,(H4,8,9,11,12,13). The minimum absolute atomic E-state index is 0.0393. The van der Waals surface area contributed by atoms with E-state index in [1.54, 1.807) is 0 Å². The zero-order chi connectivity index (χ0) is 10.1. The van der Waals surface area contributed by atoms with E-state index >= 15 is 0 Å². The molecule has 0 bridgehead atoms. The second kappa shape index (κ2) is 3.33. The fourth-order valence-corrected chi connectivity index (χ4v) is 1.36. The van der Waals surface area contributed by atoms with Crippen LogP contribution in [0.4, 0.5) is 11.9 Å². The summed E-state index contributed by atoms with van der Waals surface area (Å²) in [5.41, 5.74) is 22.4. The monoisotopic (exact) mass is 196 g/mol. The number of aromatic nitrogens is 3. The number of hydrogen-bond donors (Lipinski definition) is 5. The van der Waals surface area contributed by atoms with Gasteiger partial charge in [-0.15, -0.1) is 0 Å². The van der Waals surface area contributed by atoms with Crippen molar-refractivity contribution >= 4 is 11.9 Å². The predicted octanol–water partition coefficient (Wildman–Crippen LogP) is -2.49. The van der Waals surface area contributed by atoms with Crippen molar-refractivity contribution in [1.29, 1.82) is 0 Å². The SMILES string of the molecule is Nc1nc(N)nc(C2CNNC2N)n1. The number of hydrazine groups is 1. The van der Waals surface area contributed by atoms with E-state index in [9.17, 15) is 0 Å².